The van der Waals surface area contributed by atoms with Crippen LogP contribution in [0.15, 0.2) is 42.5 Å². The van der Waals surface area contributed by atoms with Crippen LogP contribution in [0.3, 0.4) is 0 Å². The fourth-order valence-electron chi connectivity index (χ4n) is 1.44. The number of rotatable bonds is 2. The maximum Gasteiger partial charge on any atom is 0.258 e. The third-order valence-electron chi connectivity index (χ3n) is 2.28. The Morgan fingerprint density at radius 3 is 2.67 bits per heavy atom. The minimum atomic E-state index is -0.706. The van der Waals surface area contributed by atoms with Crippen molar-refractivity contribution in [1.82, 2.24) is 0 Å². The van der Waals surface area contributed by atoms with Gasteiger partial charge < -0.3 is 5.32 Å². The van der Waals surface area contributed by atoms with Crippen molar-refractivity contribution in [3.63, 3.8) is 0 Å². The van der Waals surface area contributed by atoms with Crippen molar-refractivity contribution in [2.45, 2.75) is 0 Å². The van der Waals surface area contributed by atoms with Crippen LogP contribution in [0.5, 0.6) is 0 Å². The van der Waals surface area contributed by atoms with Gasteiger partial charge in [0.05, 0.1) is 10.6 Å². The number of amides is 1. The highest BCUT2D eigenvalue weighted by molar-refractivity contribution is 14.1. The average Bonchev–Trinajstić information content (AvgIpc) is 2.32. The van der Waals surface area contributed by atoms with Crippen molar-refractivity contribution < 1.29 is 9.18 Å². The molecule has 1 N–H and O–H groups in total. The lowest BCUT2D eigenvalue weighted by molar-refractivity contribution is 0.102. The molecule has 92 valence electrons. The molecule has 5 heteroatoms. The lowest BCUT2D eigenvalue weighted by Crippen LogP contribution is -2.13. The normalized spacial score (nSPS) is 10.2. The Hall–Kier alpha value is -1.14. The van der Waals surface area contributed by atoms with E-state index in [2.05, 4.69) is 27.9 Å². The zero-order valence-electron chi connectivity index (χ0n) is 9.08. The minimum Gasteiger partial charge on any atom is -0.322 e. The fourth-order valence-corrected chi connectivity index (χ4v) is 2.16. The van der Waals surface area contributed by atoms with Gasteiger partial charge in [-0.15, -0.1) is 0 Å². The summed E-state index contributed by atoms with van der Waals surface area (Å²) in [7, 11) is 0. The molecule has 0 spiro atoms. The molecule has 0 heterocycles. The highest BCUT2D eigenvalue weighted by Crippen LogP contribution is 2.19. The van der Waals surface area contributed by atoms with Gasteiger partial charge in [0.2, 0.25) is 0 Å². The smallest absolute Gasteiger partial charge is 0.258 e. The molecular formula is C13H8ClFINO. The Labute approximate surface area is 122 Å². The fraction of sp³-hybridized carbons (Fsp3) is 0. The van der Waals surface area contributed by atoms with E-state index in [1.54, 1.807) is 12.1 Å². The molecule has 2 nitrogen and oxygen atoms in total. The first-order chi connectivity index (χ1) is 8.58. The minimum absolute atomic E-state index is 0.0645. The van der Waals surface area contributed by atoms with Gasteiger partial charge in [0.1, 0.15) is 0 Å². The van der Waals surface area contributed by atoms with Crippen LogP contribution >= 0.6 is 34.2 Å². The molecular weight excluding hydrogens is 368 g/mol. The van der Waals surface area contributed by atoms with Gasteiger partial charge in [0, 0.05) is 9.26 Å². The highest BCUT2D eigenvalue weighted by atomic mass is 127. The predicted molar refractivity (Wildman–Crippen MR) is 78.5 cm³/mol. The number of benzene rings is 2. The second-order valence-electron chi connectivity index (χ2n) is 3.57. The number of hydrogen-bond donors (Lipinski definition) is 1. The molecule has 0 saturated heterocycles. The van der Waals surface area contributed by atoms with Gasteiger partial charge in [-0.25, -0.2) is 4.39 Å². The molecule has 0 aliphatic carbocycles. The second-order valence-corrected chi connectivity index (χ2v) is 5.22. The van der Waals surface area contributed by atoms with Crippen LogP contribution in [0.4, 0.5) is 10.1 Å². The molecule has 0 atom stereocenters. The summed E-state index contributed by atoms with van der Waals surface area (Å²) in [6, 6.07) is 11.6. The summed E-state index contributed by atoms with van der Waals surface area (Å²) in [6.07, 6.45) is 0. The first-order valence-electron chi connectivity index (χ1n) is 5.09. The van der Waals surface area contributed by atoms with E-state index in [1.165, 1.54) is 18.2 Å². The first kappa shape index (κ1) is 13.3. The molecule has 0 aromatic heterocycles. The average molecular weight is 376 g/mol. The van der Waals surface area contributed by atoms with Crippen molar-refractivity contribution in [2.75, 3.05) is 5.32 Å². The Morgan fingerprint density at radius 1 is 1.22 bits per heavy atom. The molecule has 0 saturated carbocycles. The molecule has 0 radical (unpaired) electrons. The first-order valence-corrected chi connectivity index (χ1v) is 6.54. The van der Waals surface area contributed by atoms with Gasteiger partial charge in [-0.3, -0.25) is 4.79 Å². The number of hydrogen-bond acceptors (Lipinski definition) is 1. The zero-order chi connectivity index (χ0) is 13.1. The monoisotopic (exact) mass is 375 g/mol. The SMILES string of the molecule is O=C(Nc1cccc(I)c1)c1cccc(Cl)c1F. The quantitative estimate of drug-likeness (QED) is 0.778. The van der Waals surface area contributed by atoms with E-state index in [0.717, 1.165) is 3.57 Å². The Kier molecular flexibility index (Phi) is 4.19. The third-order valence-corrected chi connectivity index (χ3v) is 3.24. The van der Waals surface area contributed by atoms with E-state index in [1.807, 2.05) is 12.1 Å². The Balaban J connectivity index is 2.25. The Morgan fingerprint density at radius 2 is 1.94 bits per heavy atom. The molecule has 18 heavy (non-hydrogen) atoms. The number of carbonyl (C=O) groups is 1. The van der Waals surface area contributed by atoms with E-state index >= 15 is 0 Å². The summed E-state index contributed by atoms with van der Waals surface area (Å²) < 4.78 is 14.6. The molecule has 0 aliphatic rings. The molecule has 2 rings (SSSR count). The summed E-state index contributed by atoms with van der Waals surface area (Å²) >= 11 is 7.76. The van der Waals surface area contributed by atoms with Crippen LogP contribution in [0.25, 0.3) is 0 Å². The van der Waals surface area contributed by atoms with Gasteiger partial charge in [-0.2, -0.15) is 0 Å². The summed E-state index contributed by atoms with van der Waals surface area (Å²) in [5, 5.41) is 2.56. The number of carbonyl (C=O) groups excluding carboxylic acids is 1. The maximum atomic E-state index is 13.6. The van der Waals surface area contributed by atoms with Crippen molar-refractivity contribution in [2.24, 2.45) is 0 Å². The molecule has 0 bridgehead atoms. The summed E-state index contributed by atoms with van der Waals surface area (Å²) in [4.78, 5) is 11.9. The Bertz CT molecular complexity index is 603. The third kappa shape index (κ3) is 3.00. The van der Waals surface area contributed by atoms with Crippen LogP contribution in [-0.2, 0) is 0 Å². The standard InChI is InChI=1S/C13H8ClFINO/c14-11-6-2-5-10(12(11)15)13(18)17-9-4-1-3-8(16)7-9/h1-7H,(H,17,18). The molecule has 0 unspecified atom stereocenters. The van der Waals surface area contributed by atoms with Crippen molar-refractivity contribution >= 4 is 45.8 Å². The van der Waals surface area contributed by atoms with Crippen molar-refractivity contribution in [1.29, 1.82) is 0 Å². The molecule has 2 aromatic carbocycles. The molecule has 0 aliphatic heterocycles. The van der Waals surface area contributed by atoms with E-state index in [-0.39, 0.29) is 10.6 Å². The lowest BCUT2D eigenvalue weighted by Gasteiger charge is -2.07. The van der Waals surface area contributed by atoms with E-state index in [4.69, 9.17) is 11.6 Å². The summed E-state index contributed by atoms with van der Waals surface area (Å²) in [5.74, 6) is -1.22. The lowest BCUT2D eigenvalue weighted by atomic mass is 10.2. The van der Waals surface area contributed by atoms with Gasteiger partial charge in [-0.1, -0.05) is 23.7 Å². The predicted octanol–water partition coefficient (Wildman–Crippen LogP) is 4.34. The van der Waals surface area contributed by atoms with Gasteiger partial charge in [-0.05, 0) is 52.9 Å². The molecule has 1 amide bonds. The number of halogens is 3. The van der Waals surface area contributed by atoms with Gasteiger partial charge in [0.15, 0.2) is 5.82 Å². The number of anilines is 1. The van der Waals surface area contributed by atoms with Gasteiger partial charge in [0.25, 0.3) is 5.91 Å². The van der Waals surface area contributed by atoms with Gasteiger partial charge >= 0.3 is 0 Å². The molecule has 2 aromatic rings. The van der Waals surface area contributed by atoms with E-state index in [9.17, 15) is 9.18 Å². The van der Waals surface area contributed by atoms with Crippen LogP contribution in [0, 0.1) is 9.39 Å². The van der Waals surface area contributed by atoms with E-state index in [0.29, 0.717) is 5.69 Å². The van der Waals surface area contributed by atoms with E-state index < -0.39 is 11.7 Å². The van der Waals surface area contributed by atoms with Crippen LogP contribution in [0.1, 0.15) is 10.4 Å². The highest BCUT2D eigenvalue weighted by Gasteiger charge is 2.14. The van der Waals surface area contributed by atoms with Crippen LogP contribution in [0.2, 0.25) is 5.02 Å². The zero-order valence-corrected chi connectivity index (χ0v) is 12.0. The van der Waals surface area contributed by atoms with Crippen molar-refractivity contribution in [3.8, 4) is 0 Å². The second kappa shape index (κ2) is 5.67. The largest absolute Gasteiger partial charge is 0.322 e. The summed E-state index contributed by atoms with van der Waals surface area (Å²) in [5.41, 5.74) is 0.549. The summed E-state index contributed by atoms with van der Waals surface area (Å²) in [6.45, 7) is 0. The maximum absolute atomic E-state index is 13.6. The van der Waals surface area contributed by atoms with Crippen molar-refractivity contribution in [3.05, 3.63) is 62.4 Å². The van der Waals surface area contributed by atoms with Crippen LogP contribution in [-0.4, -0.2) is 5.91 Å². The number of nitrogens with one attached hydrogen (secondary N) is 1. The van der Waals surface area contributed by atoms with Crippen LogP contribution < -0.4 is 5.32 Å². The molecule has 0 fully saturated rings. The topological polar surface area (TPSA) is 29.1 Å².